The molecule has 0 aromatic heterocycles. The highest BCUT2D eigenvalue weighted by molar-refractivity contribution is 6.39. The first kappa shape index (κ1) is 73.6. The molecule has 5 fully saturated rings. The minimum Gasteiger partial charge on any atom is -0.460 e. The van der Waals surface area contributed by atoms with E-state index in [1.165, 1.54) is 41.3 Å². The van der Waals surface area contributed by atoms with E-state index in [-0.39, 0.29) is 43.2 Å². The molecule has 6 aliphatic rings. The molecule has 24 atom stereocenters. The number of allylic oxidation sites excluding steroid dienone is 6. The molecule has 6 rings (SSSR count). The molecule has 0 radical (unpaired) electrons. The van der Waals surface area contributed by atoms with Crippen molar-refractivity contribution in [2.45, 2.75) is 235 Å². The number of amides is 1. The van der Waals surface area contributed by atoms with Crippen LogP contribution in [-0.4, -0.2) is 237 Å². The number of carbonyl (C=O) groups is 6. The molecule has 504 valence electrons. The Morgan fingerprint density at radius 2 is 1.51 bits per heavy atom. The third-order valence-corrected chi connectivity index (χ3v) is 18.6. The van der Waals surface area contributed by atoms with E-state index in [1.54, 1.807) is 32.1 Å². The number of aliphatic hydroxyl groups is 9. The number of piperidine rings is 1. The Balaban J connectivity index is 1.34. The van der Waals surface area contributed by atoms with Crippen LogP contribution in [0.4, 0.5) is 4.79 Å². The summed E-state index contributed by atoms with van der Waals surface area (Å²) in [5, 5.41) is 96.5. The molecule has 0 aromatic carbocycles. The fourth-order valence-electron chi connectivity index (χ4n) is 12.9. The zero-order valence-corrected chi connectivity index (χ0v) is 52.8. The number of esters is 1. The van der Waals surface area contributed by atoms with Crippen molar-refractivity contribution in [3.8, 4) is 0 Å². The van der Waals surface area contributed by atoms with Crippen molar-refractivity contribution >= 4 is 35.4 Å². The fourth-order valence-corrected chi connectivity index (χ4v) is 12.9. The van der Waals surface area contributed by atoms with Gasteiger partial charge in [-0.05, 0) is 107 Å². The Bertz CT molecular complexity index is 2520. The minimum absolute atomic E-state index is 0.0148. The Morgan fingerprint density at radius 3 is 2.18 bits per heavy atom. The molecule has 2 bridgehead atoms. The summed E-state index contributed by atoms with van der Waals surface area (Å²) in [4.78, 5) is 88.2. The first-order valence-electron chi connectivity index (χ1n) is 31.1. The van der Waals surface area contributed by atoms with E-state index in [2.05, 4.69) is 0 Å². The van der Waals surface area contributed by atoms with Crippen LogP contribution in [0.15, 0.2) is 47.6 Å². The highest BCUT2D eigenvalue weighted by Crippen LogP contribution is 2.39. The second kappa shape index (κ2) is 32.9. The molecule has 4 unspecified atom stereocenters. The lowest BCUT2D eigenvalue weighted by Crippen LogP contribution is -2.66. The maximum atomic E-state index is 14.7. The number of hydrogen-bond acceptors (Lipinski definition) is 25. The van der Waals surface area contributed by atoms with Gasteiger partial charge in [0.05, 0.1) is 31.0 Å². The molecule has 4 saturated heterocycles. The lowest BCUT2D eigenvalue weighted by molar-refractivity contribution is -0.381. The van der Waals surface area contributed by atoms with Crippen molar-refractivity contribution in [2.75, 3.05) is 41.1 Å². The van der Waals surface area contributed by atoms with E-state index in [0.717, 1.165) is 10.5 Å². The summed E-state index contributed by atoms with van der Waals surface area (Å²) in [6.07, 6.45) is -9.88. The number of fused-ring (bicyclic) bond motifs is 3. The molecule has 1 aliphatic carbocycles. The van der Waals surface area contributed by atoms with E-state index >= 15 is 0 Å². The quantitative estimate of drug-likeness (QED) is 0.0810. The molecule has 5 heterocycles. The van der Waals surface area contributed by atoms with Gasteiger partial charge >= 0.3 is 12.1 Å². The summed E-state index contributed by atoms with van der Waals surface area (Å²) in [5.41, 5.74) is 0.864. The number of carbonyl (C=O) groups excluding carboxylic acids is 6. The van der Waals surface area contributed by atoms with Crippen molar-refractivity contribution in [2.24, 2.45) is 35.5 Å². The maximum Gasteiger partial charge on any atom is 0.511 e. The number of aliphatic hydroxyl groups excluding tert-OH is 8. The Hall–Kier alpha value is -4.46. The van der Waals surface area contributed by atoms with Crippen LogP contribution in [-0.2, 0) is 71.3 Å². The molecular weight excluding hydrogens is 1170 g/mol. The summed E-state index contributed by atoms with van der Waals surface area (Å²) in [6, 6.07) is -1.28. The number of Topliss-reactive ketones (excluding diaryl/α,β-unsaturated/α-hetero) is 3. The first-order chi connectivity index (χ1) is 42.0. The van der Waals surface area contributed by atoms with Gasteiger partial charge in [0.1, 0.15) is 55.1 Å². The standard InChI is InChI=1S/C63H97NO25/c1-32-16-12-11-13-17-33(2)44(80-8)28-40-21-19-38(7)63(79,88-40)56(74)57(75)64-23-15-14-18-41(64)58(76)84-45(35(4)26-39-20-22-42(66)46(27-39)81-9)29-43(67)34(3)25-37(6)53(54(82-10)48(68)36(5)24-32)86-61(78)89-62(31-65)55(73)49(69)47(30-83-62)85-60-52(72)50(70)51(71)59(77)87-60/h11-13,16-17,25,32,34-36,38-42,44-47,49-55,59-60,65-66,69-73,77,79H,14-15,18-24,26-31H2,1-10H3/b13-11+,16-12-,33-17+,37-25+/t32-,34-,35-,36-,38-,39?,40+,41?,42-,44+,45+,46-,47?,49+,50+,51+,52-,53-,54+,55-,59+,60?,62+,63-/m1/s1. The number of nitrogens with zero attached hydrogens (tertiary/aromatic N) is 1. The van der Waals surface area contributed by atoms with E-state index in [9.17, 15) is 74.7 Å². The molecule has 0 aromatic rings. The van der Waals surface area contributed by atoms with E-state index < -0.39 is 188 Å². The highest BCUT2D eigenvalue weighted by atomic mass is 16.8. The number of hydrogen-bond donors (Lipinski definition) is 9. The number of ether oxygens (including phenoxy) is 10. The van der Waals surface area contributed by atoms with Gasteiger partial charge in [-0.3, -0.25) is 19.2 Å². The molecule has 9 N–H and O–H groups in total. The average Bonchev–Trinajstić information content (AvgIpc) is 0.852. The molecule has 89 heavy (non-hydrogen) atoms. The van der Waals surface area contributed by atoms with Gasteiger partial charge in [-0.1, -0.05) is 71.1 Å². The van der Waals surface area contributed by atoms with E-state index in [4.69, 9.17) is 47.4 Å². The van der Waals surface area contributed by atoms with Crippen LogP contribution >= 0.6 is 0 Å². The smallest absolute Gasteiger partial charge is 0.460 e. The van der Waals surface area contributed by atoms with E-state index in [1.807, 2.05) is 32.9 Å². The number of rotatable bonds is 11. The summed E-state index contributed by atoms with van der Waals surface area (Å²) < 4.78 is 57.2. The molecule has 26 heteroatoms. The van der Waals surface area contributed by atoms with Gasteiger partial charge in [0.2, 0.25) is 5.79 Å². The van der Waals surface area contributed by atoms with Gasteiger partial charge in [0.25, 0.3) is 17.5 Å². The van der Waals surface area contributed by atoms with Crippen molar-refractivity contribution in [3.05, 3.63) is 47.6 Å². The van der Waals surface area contributed by atoms with Gasteiger partial charge in [-0.15, -0.1) is 0 Å². The summed E-state index contributed by atoms with van der Waals surface area (Å²) in [5.74, 6) is -13.0. The topological polar surface area (TPSA) is 380 Å². The fraction of sp³-hybridized carbons (Fsp3) is 0.778. The molecule has 1 saturated carbocycles. The second-order valence-electron chi connectivity index (χ2n) is 25.3. The second-order valence-corrected chi connectivity index (χ2v) is 25.3. The van der Waals surface area contributed by atoms with Crippen LogP contribution in [0.1, 0.15) is 126 Å². The summed E-state index contributed by atoms with van der Waals surface area (Å²) in [7, 11) is 4.23. The normalized spacial score (nSPS) is 43.1. The van der Waals surface area contributed by atoms with Crippen LogP contribution in [0.25, 0.3) is 0 Å². The van der Waals surface area contributed by atoms with Crippen LogP contribution < -0.4 is 0 Å². The predicted molar refractivity (Wildman–Crippen MR) is 312 cm³/mol. The van der Waals surface area contributed by atoms with E-state index in [0.29, 0.717) is 51.4 Å². The molecule has 26 nitrogen and oxygen atoms in total. The lowest BCUT2D eigenvalue weighted by atomic mass is 9.78. The first-order valence-corrected chi connectivity index (χ1v) is 31.1. The number of ketones is 3. The summed E-state index contributed by atoms with van der Waals surface area (Å²) >= 11 is 0. The van der Waals surface area contributed by atoms with Crippen molar-refractivity contribution in [1.82, 2.24) is 4.90 Å². The van der Waals surface area contributed by atoms with Crippen LogP contribution in [0, 0.1) is 35.5 Å². The van der Waals surface area contributed by atoms with Gasteiger partial charge in [0, 0.05) is 58.5 Å². The zero-order valence-electron chi connectivity index (χ0n) is 52.8. The van der Waals surface area contributed by atoms with Gasteiger partial charge in [-0.2, -0.15) is 0 Å². The van der Waals surface area contributed by atoms with Crippen molar-refractivity contribution in [1.29, 1.82) is 0 Å². The molecule has 1 amide bonds. The third kappa shape index (κ3) is 18.0. The molecule has 0 spiro atoms. The average molecular weight is 1270 g/mol. The van der Waals surface area contributed by atoms with Crippen molar-refractivity contribution in [3.63, 3.8) is 0 Å². The number of methoxy groups -OCH3 is 3. The lowest BCUT2D eigenvalue weighted by Gasteiger charge is -2.46. The minimum atomic E-state index is -2.77. The van der Waals surface area contributed by atoms with Crippen molar-refractivity contribution < 1.29 is 122 Å². The summed E-state index contributed by atoms with van der Waals surface area (Å²) in [6.45, 7) is 9.71. The third-order valence-electron chi connectivity index (χ3n) is 18.6. The van der Waals surface area contributed by atoms with Gasteiger partial charge in [0.15, 0.2) is 36.7 Å². The largest absolute Gasteiger partial charge is 0.511 e. The Morgan fingerprint density at radius 1 is 0.787 bits per heavy atom. The van der Waals surface area contributed by atoms with Gasteiger partial charge in [-0.25, -0.2) is 9.59 Å². The number of cyclic esters (lactones) is 1. The Kier molecular flexibility index (Phi) is 27.2. The monoisotopic (exact) mass is 1270 g/mol. The maximum absolute atomic E-state index is 14.7. The SMILES string of the molecule is CO[C@H]1C[C@@H]2CC[C@@H](C)[C@@](O)(O2)C(=O)C(=O)N2CCCCC2C(=O)O[C@H]([C@H](C)CC2CC[C@@H](O)[C@H](OC)C2)CC(=O)[C@H](C)/C=C(\C)[C@@H](OC(=O)O[C@]2(CO)OCC(OC3O[C@H](O)[C@@H](O)[C@H](O)[C@H]3O)[C@H](O)[C@H]2O)[C@@H](OC)C(=O)[C@H](C)C[C@H](C)\C=C/C=C/C=C/1C. The van der Waals surface area contributed by atoms with Gasteiger partial charge < -0.3 is 98.2 Å². The molecule has 5 aliphatic heterocycles. The highest BCUT2D eigenvalue weighted by Gasteiger charge is 2.57. The van der Waals surface area contributed by atoms with Crippen LogP contribution in [0.2, 0.25) is 0 Å². The zero-order chi connectivity index (χ0) is 65.8. The molecular formula is C63H97NO25. The Labute approximate surface area is 520 Å². The van der Waals surface area contributed by atoms with Crippen LogP contribution in [0.3, 0.4) is 0 Å². The van der Waals surface area contributed by atoms with Crippen LogP contribution in [0.5, 0.6) is 0 Å². The predicted octanol–water partition coefficient (Wildman–Crippen LogP) is 1.92.